The zero-order valence-corrected chi connectivity index (χ0v) is 32.5. The summed E-state index contributed by atoms with van der Waals surface area (Å²) in [4.78, 5) is 78.4. The molecule has 1 aromatic carbocycles. The maximum atomic E-state index is 13.9. The number of imide groups is 1. The Bertz CT molecular complexity index is 1850. The van der Waals surface area contributed by atoms with Gasteiger partial charge in [0.15, 0.2) is 5.82 Å². The lowest BCUT2D eigenvalue weighted by molar-refractivity contribution is -0.146. The summed E-state index contributed by atoms with van der Waals surface area (Å²) in [7, 11) is 0. The summed E-state index contributed by atoms with van der Waals surface area (Å²) in [5, 5.41) is 13.0. The van der Waals surface area contributed by atoms with Crippen LogP contribution in [0.25, 0.3) is 10.2 Å². The third-order valence-electron chi connectivity index (χ3n) is 9.15. The quantitative estimate of drug-likeness (QED) is 0.246. The van der Waals surface area contributed by atoms with Gasteiger partial charge in [-0.2, -0.15) is 4.90 Å². The van der Waals surface area contributed by atoms with Crippen molar-refractivity contribution in [1.29, 1.82) is 0 Å². The number of thiazole rings is 1. The number of anilines is 2. The van der Waals surface area contributed by atoms with Crippen molar-refractivity contribution in [2.24, 2.45) is 5.92 Å². The molecule has 2 aliphatic rings. The van der Waals surface area contributed by atoms with Crippen LogP contribution in [0.2, 0.25) is 0 Å². The van der Waals surface area contributed by atoms with E-state index in [0.717, 1.165) is 45.0 Å². The van der Waals surface area contributed by atoms with Crippen LogP contribution in [0.15, 0.2) is 30.5 Å². The molecular weight excluding hydrogens is 701 g/mol. The van der Waals surface area contributed by atoms with Crippen molar-refractivity contribution in [2.45, 2.75) is 111 Å². The van der Waals surface area contributed by atoms with Crippen LogP contribution >= 0.6 is 11.3 Å². The number of aryl methyl sites for hydroxylation is 1. The number of amides is 5. The average molecular weight is 751 g/mol. The summed E-state index contributed by atoms with van der Waals surface area (Å²) in [6, 6.07) is 7.24. The highest BCUT2D eigenvalue weighted by atomic mass is 32.1. The second kappa shape index (κ2) is 15.7. The van der Waals surface area contributed by atoms with Gasteiger partial charge in [-0.25, -0.2) is 24.4 Å². The number of carbonyl (C=O) groups excluding carboxylic acids is 4. The predicted molar refractivity (Wildman–Crippen MR) is 201 cm³/mol. The summed E-state index contributed by atoms with van der Waals surface area (Å²) in [6.07, 6.45) is 1.81. The standard InChI is InChI=1S/C38H50N6O8S/c1-9-23-18-26(20-39-30(23)44(35(49)51-37(3,4)5)36(50)52-38(6,7)8)40-31(45)33(46)43-21-22(2)10-12-28(43)25-11-13-29-27(19-25)41-32(53-29)24-14-16-42(17-15-24)34(47)48/h11,13,18-20,22,24,28H,9-10,12,14-17,21H2,1-8H3,(H,40,45)(H,47,48)/t22-,28?/m0/s1. The number of piperidine rings is 2. The molecule has 2 aromatic heterocycles. The van der Waals surface area contributed by atoms with Gasteiger partial charge in [-0.05, 0) is 109 Å². The van der Waals surface area contributed by atoms with E-state index in [9.17, 15) is 29.1 Å². The maximum absolute atomic E-state index is 13.9. The molecule has 286 valence electrons. The molecule has 2 N–H and O–H groups in total. The summed E-state index contributed by atoms with van der Waals surface area (Å²) >= 11 is 1.61. The van der Waals surface area contributed by atoms with Crippen molar-refractivity contribution in [3.63, 3.8) is 0 Å². The van der Waals surface area contributed by atoms with Crippen molar-refractivity contribution in [3.05, 3.63) is 46.6 Å². The van der Waals surface area contributed by atoms with E-state index in [1.165, 1.54) is 11.1 Å². The molecule has 53 heavy (non-hydrogen) atoms. The minimum absolute atomic E-state index is 0.00319. The molecule has 14 nitrogen and oxygen atoms in total. The Labute approximate surface area is 313 Å². The molecule has 0 bridgehead atoms. The van der Waals surface area contributed by atoms with Crippen molar-refractivity contribution in [2.75, 3.05) is 29.9 Å². The Morgan fingerprint density at radius 2 is 1.60 bits per heavy atom. The lowest BCUT2D eigenvalue weighted by atomic mass is 9.89. The number of fused-ring (bicyclic) bond motifs is 1. The van der Waals surface area contributed by atoms with Crippen molar-refractivity contribution in [3.8, 4) is 0 Å². The van der Waals surface area contributed by atoms with Gasteiger partial charge in [0.1, 0.15) is 11.2 Å². The number of benzene rings is 1. The number of hydrogen-bond acceptors (Lipinski definition) is 10. The van der Waals surface area contributed by atoms with Crippen molar-refractivity contribution < 1.29 is 38.6 Å². The van der Waals surface area contributed by atoms with E-state index in [2.05, 4.69) is 17.2 Å². The van der Waals surface area contributed by atoms with E-state index >= 15 is 0 Å². The topological polar surface area (TPSA) is 172 Å². The average Bonchev–Trinajstić information content (AvgIpc) is 3.50. The Kier molecular flexibility index (Phi) is 11.7. The molecule has 0 radical (unpaired) electrons. The van der Waals surface area contributed by atoms with Gasteiger partial charge in [-0.15, -0.1) is 11.3 Å². The molecule has 2 aliphatic heterocycles. The highest BCUT2D eigenvalue weighted by molar-refractivity contribution is 7.18. The molecule has 2 saturated heterocycles. The van der Waals surface area contributed by atoms with Crippen molar-refractivity contribution in [1.82, 2.24) is 19.8 Å². The smallest absolute Gasteiger partial charge is 0.425 e. The molecule has 3 aromatic rings. The molecule has 2 fully saturated rings. The van der Waals surface area contributed by atoms with Gasteiger partial charge < -0.3 is 29.7 Å². The molecule has 0 aliphatic carbocycles. The lowest BCUT2D eigenvalue weighted by Gasteiger charge is -2.38. The molecule has 0 spiro atoms. The third-order valence-corrected chi connectivity index (χ3v) is 10.3. The zero-order chi connectivity index (χ0) is 38.8. The largest absolute Gasteiger partial charge is 0.465 e. The number of likely N-dealkylation sites (tertiary alicyclic amines) is 2. The Balaban J connectivity index is 1.34. The van der Waals surface area contributed by atoms with Crippen LogP contribution in [0.4, 0.5) is 25.9 Å². The molecule has 5 amide bonds. The van der Waals surface area contributed by atoms with Gasteiger partial charge in [0, 0.05) is 25.6 Å². The number of rotatable bonds is 5. The van der Waals surface area contributed by atoms with E-state index in [-0.39, 0.29) is 29.4 Å². The number of nitrogens with one attached hydrogen (secondary N) is 1. The first kappa shape index (κ1) is 39.4. The van der Waals surface area contributed by atoms with Crippen LogP contribution in [0.5, 0.6) is 0 Å². The third kappa shape index (κ3) is 9.61. The van der Waals surface area contributed by atoms with Crippen LogP contribution in [0.3, 0.4) is 0 Å². The molecule has 4 heterocycles. The fourth-order valence-corrected chi connectivity index (χ4v) is 7.71. The van der Waals surface area contributed by atoms with Crippen LogP contribution in [0.1, 0.15) is 109 Å². The minimum atomic E-state index is -0.959. The molecule has 15 heteroatoms. The molecule has 0 saturated carbocycles. The minimum Gasteiger partial charge on any atom is -0.465 e. The van der Waals surface area contributed by atoms with Gasteiger partial charge in [0.05, 0.1) is 33.2 Å². The molecule has 5 rings (SSSR count). The fourth-order valence-electron chi connectivity index (χ4n) is 6.60. The number of pyridine rings is 1. The monoisotopic (exact) mass is 750 g/mol. The molecule has 2 atom stereocenters. The van der Waals surface area contributed by atoms with Crippen LogP contribution < -0.4 is 10.2 Å². The summed E-state index contributed by atoms with van der Waals surface area (Å²) in [6.45, 7) is 15.3. The molecule has 1 unspecified atom stereocenters. The van der Waals surface area contributed by atoms with Gasteiger partial charge in [-0.3, -0.25) is 9.59 Å². The number of carbonyl (C=O) groups is 5. The van der Waals surface area contributed by atoms with E-state index < -0.39 is 41.3 Å². The van der Waals surface area contributed by atoms with Gasteiger partial charge >= 0.3 is 30.1 Å². The normalized spacial score (nSPS) is 18.4. The summed E-state index contributed by atoms with van der Waals surface area (Å²) in [5.74, 6) is -1.14. The lowest BCUT2D eigenvalue weighted by Crippen LogP contribution is -2.46. The number of nitrogens with zero attached hydrogens (tertiary/aromatic N) is 5. The Hall–Kier alpha value is -4.79. The Morgan fingerprint density at radius 3 is 2.19 bits per heavy atom. The SMILES string of the molecule is CCc1cc(NC(=O)C(=O)N2C[C@@H](C)CCC2c2ccc3sc(C4CCN(C(=O)O)CC4)nc3c2)cnc1N(C(=O)OC(C)(C)C)C(=O)OC(C)(C)C. The Morgan fingerprint density at radius 1 is 0.962 bits per heavy atom. The van der Waals surface area contributed by atoms with E-state index in [1.807, 2.05) is 25.1 Å². The van der Waals surface area contributed by atoms with E-state index in [1.54, 1.807) is 63.8 Å². The maximum Gasteiger partial charge on any atom is 0.425 e. The van der Waals surface area contributed by atoms with Crippen LogP contribution in [-0.4, -0.2) is 85.8 Å². The van der Waals surface area contributed by atoms with E-state index in [0.29, 0.717) is 38.0 Å². The number of carboxylic acid groups (broad SMARTS) is 1. The number of ether oxygens (including phenoxy) is 2. The summed E-state index contributed by atoms with van der Waals surface area (Å²) < 4.78 is 12.0. The highest BCUT2D eigenvalue weighted by Gasteiger charge is 2.37. The summed E-state index contributed by atoms with van der Waals surface area (Å²) in [5.41, 5.74) is 0.582. The van der Waals surface area contributed by atoms with Crippen LogP contribution in [0, 0.1) is 5.92 Å². The van der Waals surface area contributed by atoms with E-state index in [4.69, 9.17) is 14.5 Å². The first-order valence-corrected chi connectivity index (χ1v) is 18.9. The fraction of sp³-hybridized carbons (Fsp3) is 0.553. The van der Waals surface area contributed by atoms with Gasteiger partial charge in [-0.1, -0.05) is 19.9 Å². The second-order valence-corrected chi connectivity index (χ2v) is 16.9. The first-order chi connectivity index (χ1) is 24.8. The first-order valence-electron chi connectivity index (χ1n) is 18.1. The zero-order valence-electron chi connectivity index (χ0n) is 31.7. The van der Waals surface area contributed by atoms with Gasteiger partial charge in [0.2, 0.25) is 0 Å². The molecular formula is C38H50N6O8S. The van der Waals surface area contributed by atoms with Crippen LogP contribution in [-0.2, 0) is 25.5 Å². The predicted octanol–water partition coefficient (Wildman–Crippen LogP) is 7.73. The highest BCUT2D eigenvalue weighted by Crippen LogP contribution is 2.38. The number of hydrogen-bond donors (Lipinski definition) is 2. The van der Waals surface area contributed by atoms with Crippen molar-refractivity contribution >= 4 is 63.2 Å². The number of aromatic nitrogens is 2. The second-order valence-electron chi connectivity index (χ2n) is 15.8. The van der Waals surface area contributed by atoms with Gasteiger partial charge in [0.25, 0.3) is 0 Å².